The number of nitrogens with zero attached hydrogens (tertiary/aromatic N) is 1. The number of oxazole rings is 1. The molecule has 3 rings (SSSR count). The standard InChI is InChI=1S/C18H17ClN2O/c1-12-5-3-8-16(13(12)2)20-11-18-21-10-17(22-18)14-6-4-7-15(19)9-14/h3-10,20H,11H2,1-2H3. The van der Waals surface area contributed by atoms with Crippen molar-refractivity contribution in [3.8, 4) is 11.3 Å². The molecule has 0 aliphatic heterocycles. The summed E-state index contributed by atoms with van der Waals surface area (Å²) < 4.78 is 5.78. The van der Waals surface area contributed by atoms with E-state index in [0.29, 0.717) is 17.5 Å². The van der Waals surface area contributed by atoms with E-state index in [2.05, 4.69) is 36.3 Å². The van der Waals surface area contributed by atoms with Crippen molar-refractivity contribution in [3.05, 3.63) is 70.7 Å². The van der Waals surface area contributed by atoms with Crippen molar-refractivity contribution in [1.29, 1.82) is 0 Å². The Morgan fingerprint density at radius 3 is 2.77 bits per heavy atom. The van der Waals surface area contributed by atoms with Crippen LogP contribution in [0.4, 0.5) is 5.69 Å². The Morgan fingerprint density at radius 1 is 1.14 bits per heavy atom. The number of halogens is 1. The van der Waals surface area contributed by atoms with Crippen molar-refractivity contribution in [3.63, 3.8) is 0 Å². The van der Waals surface area contributed by atoms with E-state index in [1.165, 1.54) is 11.1 Å². The SMILES string of the molecule is Cc1cccc(NCc2ncc(-c3cccc(Cl)c3)o2)c1C. The van der Waals surface area contributed by atoms with Crippen molar-refractivity contribution in [1.82, 2.24) is 4.98 Å². The molecule has 0 unspecified atom stereocenters. The predicted molar refractivity (Wildman–Crippen MR) is 90.2 cm³/mol. The molecule has 0 bridgehead atoms. The van der Waals surface area contributed by atoms with Gasteiger partial charge in [-0.25, -0.2) is 4.98 Å². The van der Waals surface area contributed by atoms with Crippen LogP contribution in [0.15, 0.2) is 53.1 Å². The first kappa shape index (κ1) is 14.7. The van der Waals surface area contributed by atoms with Gasteiger partial charge in [-0.2, -0.15) is 0 Å². The normalized spacial score (nSPS) is 10.7. The van der Waals surface area contributed by atoms with Crippen LogP contribution in [0.2, 0.25) is 5.02 Å². The molecular weight excluding hydrogens is 296 g/mol. The summed E-state index contributed by atoms with van der Waals surface area (Å²) in [4.78, 5) is 4.32. The lowest BCUT2D eigenvalue weighted by Crippen LogP contribution is -2.01. The van der Waals surface area contributed by atoms with Crippen molar-refractivity contribution in [2.45, 2.75) is 20.4 Å². The Balaban J connectivity index is 1.73. The highest BCUT2D eigenvalue weighted by molar-refractivity contribution is 6.30. The van der Waals surface area contributed by atoms with E-state index in [0.717, 1.165) is 17.0 Å². The lowest BCUT2D eigenvalue weighted by molar-refractivity contribution is 0.516. The molecule has 0 aliphatic carbocycles. The first-order valence-corrected chi connectivity index (χ1v) is 7.52. The van der Waals surface area contributed by atoms with Crippen molar-refractivity contribution in [2.75, 3.05) is 5.32 Å². The number of rotatable bonds is 4. The van der Waals surface area contributed by atoms with E-state index in [1.807, 2.05) is 30.3 Å². The molecule has 4 heteroatoms. The molecule has 22 heavy (non-hydrogen) atoms. The Labute approximate surface area is 135 Å². The average molecular weight is 313 g/mol. The van der Waals surface area contributed by atoms with Crippen molar-refractivity contribution >= 4 is 17.3 Å². The topological polar surface area (TPSA) is 38.1 Å². The Hall–Kier alpha value is -2.26. The molecule has 0 amide bonds. The minimum Gasteiger partial charge on any atom is -0.439 e. The average Bonchev–Trinajstić information content (AvgIpc) is 2.98. The van der Waals surface area contributed by atoms with Crippen LogP contribution >= 0.6 is 11.6 Å². The van der Waals surface area contributed by atoms with Crippen LogP contribution in [0.1, 0.15) is 17.0 Å². The van der Waals surface area contributed by atoms with Gasteiger partial charge in [0.25, 0.3) is 0 Å². The van der Waals surface area contributed by atoms with E-state index in [1.54, 1.807) is 6.20 Å². The minimum absolute atomic E-state index is 0.546. The van der Waals surface area contributed by atoms with Crippen LogP contribution in [0.25, 0.3) is 11.3 Å². The van der Waals surface area contributed by atoms with E-state index >= 15 is 0 Å². The summed E-state index contributed by atoms with van der Waals surface area (Å²) in [5.41, 5.74) is 4.53. The van der Waals surface area contributed by atoms with Gasteiger partial charge < -0.3 is 9.73 Å². The third kappa shape index (κ3) is 3.15. The zero-order valence-electron chi connectivity index (χ0n) is 12.6. The van der Waals surface area contributed by atoms with Gasteiger partial charge >= 0.3 is 0 Å². The number of nitrogens with one attached hydrogen (secondary N) is 1. The van der Waals surface area contributed by atoms with Crippen LogP contribution in [-0.2, 0) is 6.54 Å². The lowest BCUT2D eigenvalue weighted by atomic mass is 10.1. The number of benzene rings is 2. The first-order chi connectivity index (χ1) is 10.6. The molecule has 0 saturated heterocycles. The summed E-state index contributed by atoms with van der Waals surface area (Å²) in [5.74, 6) is 1.37. The summed E-state index contributed by atoms with van der Waals surface area (Å²) in [7, 11) is 0. The first-order valence-electron chi connectivity index (χ1n) is 7.14. The lowest BCUT2D eigenvalue weighted by Gasteiger charge is -2.09. The summed E-state index contributed by atoms with van der Waals surface area (Å²) in [6.07, 6.45) is 1.73. The molecule has 0 atom stereocenters. The molecule has 112 valence electrons. The zero-order valence-corrected chi connectivity index (χ0v) is 13.3. The van der Waals surface area contributed by atoms with Gasteiger partial charge in [-0.15, -0.1) is 0 Å². The molecule has 0 spiro atoms. The quantitative estimate of drug-likeness (QED) is 0.717. The number of aromatic nitrogens is 1. The highest BCUT2D eigenvalue weighted by Crippen LogP contribution is 2.24. The van der Waals surface area contributed by atoms with Crippen LogP contribution in [-0.4, -0.2) is 4.98 Å². The Bertz CT molecular complexity index is 795. The molecule has 0 fully saturated rings. The third-order valence-corrected chi connectivity index (χ3v) is 3.93. The van der Waals surface area contributed by atoms with Crippen LogP contribution in [0.5, 0.6) is 0 Å². The third-order valence-electron chi connectivity index (χ3n) is 3.70. The fourth-order valence-electron chi connectivity index (χ4n) is 2.28. The van der Waals surface area contributed by atoms with Gasteiger partial charge in [-0.3, -0.25) is 0 Å². The molecule has 2 aromatic carbocycles. The molecule has 3 nitrogen and oxygen atoms in total. The van der Waals surface area contributed by atoms with Crippen LogP contribution in [0, 0.1) is 13.8 Å². The van der Waals surface area contributed by atoms with Gasteiger partial charge in [0.2, 0.25) is 5.89 Å². The van der Waals surface area contributed by atoms with Crippen molar-refractivity contribution in [2.24, 2.45) is 0 Å². The van der Waals surface area contributed by atoms with E-state index < -0.39 is 0 Å². The Morgan fingerprint density at radius 2 is 1.95 bits per heavy atom. The Kier molecular flexibility index (Phi) is 4.16. The van der Waals surface area contributed by atoms with Crippen LogP contribution < -0.4 is 5.32 Å². The maximum absolute atomic E-state index is 6.00. The molecule has 1 N–H and O–H groups in total. The second kappa shape index (κ2) is 6.24. The van der Waals surface area contributed by atoms with Gasteiger partial charge in [-0.05, 0) is 43.2 Å². The van der Waals surface area contributed by atoms with Gasteiger partial charge in [0.05, 0.1) is 12.7 Å². The number of hydrogen-bond donors (Lipinski definition) is 1. The smallest absolute Gasteiger partial charge is 0.214 e. The highest BCUT2D eigenvalue weighted by Gasteiger charge is 2.07. The second-order valence-corrected chi connectivity index (χ2v) is 5.67. The fraction of sp³-hybridized carbons (Fsp3) is 0.167. The van der Waals surface area contributed by atoms with E-state index in [4.69, 9.17) is 16.0 Å². The van der Waals surface area contributed by atoms with Gasteiger partial charge in [0, 0.05) is 16.3 Å². The molecular formula is C18H17ClN2O. The number of anilines is 1. The summed E-state index contributed by atoms with van der Waals surface area (Å²) in [6, 6.07) is 13.8. The van der Waals surface area contributed by atoms with E-state index in [9.17, 15) is 0 Å². The fourth-order valence-corrected chi connectivity index (χ4v) is 2.47. The van der Waals surface area contributed by atoms with Crippen molar-refractivity contribution < 1.29 is 4.42 Å². The molecule has 0 radical (unpaired) electrons. The van der Waals surface area contributed by atoms with Gasteiger partial charge in [-0.1, -0.05) is 35.9 Å². The highest BCUT2D eigenvalue weighted by atomic mass is 35.5. The number of hydrogen-bond acceptors (Lipinski definition) is 3. The number of aryl methyl sites for hydroxylation is 1. The molecule has 1 aromatic heterocycles. The minimum atomic E-state index is 0.546. The molecule has 0 saturated carbocycles. The summed E-state index contributed by atoms with van der Waals surface area (Å²) >= 11 is 6.00. The summed E-state index contributed by atoms with van der Waals surface area (Å²) in [5, 5.41) is 4.05. The maximum Gasteiger partial charge on any atom is 0.214 e. The zero-order chi connectivity index (χ0) is 15.5. The predicted octanol–water partition coefficient (Wildman–Crippen LogP) is 5.22. The van der Waals surface area contributed by atoms with E-state index in [-0.39, 0.29) is 0 Å². The van der Waals surface area contributed by atoms with Gasteiger partial charge in [0.15, 0.2) is 5.76 Å². The second-order valence-electron chi connectivity index (χ2n) is 5.23. The molecule has 0 aliphatic rings. The maximum atomic E-state index is 6.00. The monoisotopic (exact) mass is 312 g/mol. The van der Waals surface area contributed by atoms with Gasteiger partial charge in [0.1, 0.15) is 0 Å². The largest absolute Gasteiger partial charge is 0.439 e. The van der Waals surface area contributed by atoms with Crippen LogP contribution in [0.3, 0.4) is 0 Å². The molecule has 3 aromatic rings. The summed E-state index contributed by atoms with van der Waals surface area (Å²) in [6.45, 7) is 4.75. The molecule has 1 heterocycles.